The van der Waals surface area contributed by atoms with Gasteiger partial charge in [-0.2, -0.15) is 5.10 Å². The molecule has 0 radical (unpaired) electrons. The number of amides is 1. The fourth-order valence-corrected chi connectivity index (χ4v) is 4.50. The number of amidine groups is 1. The predicted octanol–water partition coefficient (Wildman–Crippen LogP) is 6.63. The van der Waals surface area contributed by atoms with Crippen molar-refractivity contribution in [3.8, 4) is 5.69 Å². The molecule has 7 heteroatoms. The molecule has 0 fully saturated rings. The lowest BCUT2D eigenvalue weighted by atomic mass is 10.1. The molecule has 0 bridgehead atoms. The van der Waals surface area contributed by atoms with Gasteiger partial charge in [0, 0.05) is 16.1 Å². The van der Waals surface area contributed by atoms with Gasteiger partial charge in [-0.3, -0.25) is 9.69 Å². The summed E-state index contributed by atoms with van der Waals surface area (Å²) in [5.41, 5.74) is 4.90. The van der Waals surface area contributed by atoms with E-state index in [1.807, 2.05) is 86.6 Å². The molecule has 2 heterocycles. The number of benzene rings is 3. The van der Waals surface area contributed by atoms with E-state index in [0.29, 0.717) is 27.3 Å². The van der Waals surface area contributed by atoms with Crippen molar-refractivity contribution in [3.63, 3.8) is 0 Å². The summed E-state index contributed by atoms with van der Waals surface area (Å²) in [5.74, 6) is 0.304. The van der Waals surface area contributed by atoms with Crippen molar-refractivity contribution in [3.05, 3.63) is 117 Å². The first-order chi connectivity index (χ1) is 16.4. The number of nitrogens with zero attached hydrogens (tertiary/aromatic N) is 4. The average Bonchev–Trinajstić information content (AvgIpc) is 3.31. The van der Waals surface area contributed by atoms with E-state index in [0.717, 1.165) is 22.5 Å². The summed E-state index contributed by atoms with van der Waals surface area (Å²) in [4.78, 5) is 20.0. The number of aromatic nitrogens is 2. The van der Waals surface area contributed by atoms with Gasteiger partial charge in [-0.15, -0.1) is 0 Å². The van der Waals surface area contributed by atoms with Gasteiger partial charge in [0.1, 0.15) is 16.7 Å². The molecule has 1 aliphatic rings. The fraction of sp³-hybridized carbons (Fsp3) is 0.0741. The minimum Gasteiger partial charge on any atom is -0.266 e. The summed E-state index contributed by atoms with van der Waals surface area (Å²) in [5, 5.41) is 5.60. The van der Waals surface area contributed by atoms with Gasteiger partial charge in [0.2, 0.25) is 0 Å². The Morgan fingerprint density at radius 3 is 2.24 bits per heavy atom. The zero-order chi connectivity index (χ0) is 23.8. The number of carbonyl (C=O) groups is 1. The predicted molar refractivity (Wildman–Crippen MR) is 138 cm³/mol. The van der Waals surface area contributed by atoms with Gasteiger partial charge >= 0.3 is 0 Å². The average molecular weight is 487 g/mol. The first-order valence-electron chi connectivity index (χ1n) is 10.7. The summed E-state index contributed by atoms with van der Waals surface area (Å²) < 4.78 is 1.66. The Bertz CT molecular complexity index is 1460. The second-order valence-corrected chi connectivity index (χ2v) is 8.73. The van der Waals surface area contributed by atoms with Crippen molar-refractivity contribution in [1.29, 1.82) is 0 Å². The molecule has 4 aromatic rings. The van der Waals surface area contributed by atoms with Gasteiger partial charge in [-0.05, 0) is 55.8 Å². The number of halogens is 2. The van der Waals surface area contributed by atoms with Crippen LogP contribution in [0.1, 0.15) is 22.4 Å². The Hall–Kier alpha value is -3.67. The molecule has 168 valence electrons. The Morgan fingerprint density at radius 1 is 0.882 bits per heavy atom. The van der Waals surface area contributed by atoms with E-state index in [1.165, 1.54) is 0 Å². The van der Waals surface area contributed by atoms with Gasteiger partial charge in [-0.25, -0.2) is 9.67 Å². The Labute approximate surface area is 207 Å². The van der Waals surface area contributed by atoms with Crippen molar-refractivity contribution in [2.75, 3.05) is 4.90 Å². The maximum atomic E-state index is 13.7. The van der Waals surface area contributed by atoms with Gasteiger partial charge in [-0.1, -0.05) is 71.7 Å². The molecular weight excluding hydrogens is 467 g/mol. The van der Waals surface area contributed by atoms with Crippen molar-refractivity contribution >= 4 is 46.7 Å². The standard InChI is InChI=1S/C27H20Cl2N4O/c1-17-15-20(28)13-14-24(17)32-26(19-9-5-3-6-10-19)30-23(27(32)34)16-22-18(2)31-33(25(22)29)21-11-7-4-8-12-21/h3-16H,1-2H3/b23-16-. The van der Waals surface area contributed by atoms with Crippen LogP contribution in [0.2, 0.25) is 10.2 Å². The van der Waals surface area contributed by atoms with Crippen LogP contribution in [-0.4, -0.2) is 21.5 Å². The lowest BCUT2D eigenvalue weighted by Crippen LogP contribution is -2.33. The van der Waals surface area contributed by atoms with Crippen LogP contribution in [0.3, 0.4) is 0 Å². The lowest BCUT2D eigenvalue weighted by Gasteiger charge is -2.20. The smallest absolute Gasteiger partial charge is 0.266 e. The van der Waals surface area contributed by atoms with Gasteiger partial charge in [0.25, 0.3) is 5.91 Å². The van der Waals surface area contributed by atoms with E-state index in [2.05, 4.69) is 5.10 Å². The van der Waals surface area contributed by atoms with E-state index < -0.39 is 0 Å². The van der Waals surface area contributed by atoms with E-state index >= 15 is 0 Å². The molecule has 1 aliphatic heterocycles. The number of rotatable bonds is 4. The fourth-order valence-electron chi connectivity index (χ4n) is 3.94. The highest BCUT2D eigenvalue weighted by Gasteiger charge is 2.34. The highest BCUT2D eigenvalue weighted by molar-refractivity contribution is 6.35. The first-order valence-corrected chi connectivity index (χ1v) is 11.5. The van der Waals surface area contributed by atoms with Crippen LogP contribution >= 0.6 is 23.2 Å². The van der Waals surface area contributed by atoms with Crippen LogP contribution in [0.25, 0.3) is 11.8 Å². The van der Waals surface area contributed by atoms with Crippen LogP contribution in [0.5, 0.6) is 0 Å². The molecular formula is C27H20Cl2N4O. The highest BCUT2D eigenvalue weighted by atomic mass is 35.5. The summed E-state index contributed by atoms with van der Waals surface area (Å²) in [7, 11) is 0. The molecule has 0 N–H and O–H groups in total. The molecule has 5 rings (SSSR count). The lowest BCUT2D eigenvalue weighted by molar-refractivity contribution is -0.113. The van der Waals surface area contributed by atoms with Crippen molar-refractivity contribution in [2.45, 2.75) is 13.8 Å². The second kappa shape index (κ2) is 8.93. The molecule has 0 spiro atoms. The first kappa shape index (κ1) is 22.1. The quantitative estimate of drug-likeness (QED) is 0.304. The molecule has 34 heavy (non-hydrogen) atoms. The Kier molecular flexibility index (Phi) is 5.82. The molecule has 0 aliphatic carbocycles. The van der Waals surface area contributed by atoms with Crippen LogP contribution in [0.4, 0.5) is 5.69 Å². The Balaban J connectivity index is 1.64. The number of anilines is 1. The molecule has 3 aromatic carbocycles. The zero-order valence-corrected chi connectivity index (χ0v) is 20.0. The molecule has 0 atom stereocenters. The van der Waals surface area contributed by atoms with Crippen molar-refractivity contribution < 1.29 is 4.79 Å². The van der Waals surface area contributed by atoms with E-state index in [-0.39, 0.29) is 11.6 Å². The molecule has 0 unspecified atom stereocenters. The maximum Gasteiger partial charge on any atom is 0.282 e. The van der Waals surface area contributed by atoms with Gasteiger partial charge in [0.15, 0.2) is 0 Å². The minimum atomic E-state index is -0.243. The van der Waals surface area contributed by atoms with Gasteiger partial charge < -0.3 is 0 Å². The maximum absolute atomic E-state index is 13.7. The summed E-state index contributed by atoms with van der Waals surface area (Å²) in [6.45, 7) is 3.78. The molecule has 5 nitrogen and oxygen atoms in total. The van der Waals surface area contributed by atoms with Gasteiger partial charge in [0.05, 0.1) is 17.1 Å². The zero-order valence-electron chi connectivity index (χ0n) is 18.5. The highest BCUT2D eigenvalue weighted by Crippen LogP contribution is 2.33. The topological polar surface area (TPSA) is 50.5 Å². The second-order valence-electron chi connectivity index (χ2n) is 7.94. The number of para-hydroxylation sites is 1. The third kappa shape index (κ3) is 3.94. The van der Waals surface area contributed by atoms with Crippen molar-refractivity contribution in [2.24, 2.45) is 4.99 Å². The summed E-state index contributed by atoms with van der Waals surface area (Å²) in [6.07, 6.45) is 1.71. The normalized spacial score (nSPS) is 14.7. The largest absolute Gasteiger partial charge is 0.282 e. The van der Waals surface area contributed by atoms with Crippen LogP contribution in [0.15, 0.2) is 89.6 Å². The number of hydrogen-bond donors (Lipinski definition) is 0. The molecule has 0 saturated heterocycles. The number of aryl methyl sites for hydroxylation is 2. The van der Waals surface area contributed by atoms with E-state index in [4.69, 9.17) is 28.2 Å². The summed E-state index contributed by atoms with van der Waals surface area (Å²) >= 11 is 12.9. The van der Waals surface area contributed by atoms with E-state index in [1.54, 1.807) is 21.7 Å². The molecule has 1 amide bonds. The SMILES string of the molecule is Cc1cc(Cl)ccc1N1C(=O)/C(=C/c2c(C)nn(-c3ccccc3)c2Cl)N=C1c1ccccc1. The van der Waals surface area contributed by atoms with Crippen LogP contribution in [0, 0.1) is 13.8 Å². The third-order valence-corrected chi connectivity index (χ3v) is 6.22. The van der Waals surface area contributed by atoms with E-state index in [9.17, 15) is 4.79 Å². The van der Waals surface area contributed by atoms with Crippen LogP contribution < -0.4 is 4.90 Å². The summed E-state index contributed by atoms with van der Waals surface area (Å²) in [6, 6.07) is 24.7. The minimum absolute atomic E-state index is 0.243. The molecule has 0 saturated carbocycles. The third-order valence-electron chi connectivity index (χ3n) is 5.62. The Morgan fingerprint density at radius 2 is 1.56 bits per heavy atom. The number of carbonyl (C=O) groups excluding carboxylic acids is 1. The monoisotopic (exact) mass is 486 g/mol. The number of hydrogen-bond acceptors (Lipinski definition) is 3. The number of aliphatic imine (C=N–C) groups is 1. The molecule has 1 aromatic heterocycles. The van der Waals surface area contributed by atoms with Crippen molar-refractivity contribution in [1.82, 2.24) is 9.78 Å². The van der Waals surface area contributed by atoms with Crippen LogP contribution in [-0.2, 0) is 4.79 Å².